The molecule has 0 unspecified atom stereocenters. The first-order valence-corrected chi connectivity index (χ1v) is 30.8. The number of aromatic hydroxyl groups is 2. The molecule has 2 aliphatic rings. The number of benzene rings is 6. The van der Waals surface area contributed by atoms with Gasteiger partial charge < -0.3 is 32.9 Å². The van der Waals surface area contributed by atoms with Gasteiger partial charge in [0.05, 0.1) is 29.5 Å². The van der Waals surface area contributed by atoms with Crippen LogP contribution in [0.5, 0.6) is 28.7 Å². The summed E-state index contributed by atoms with van der Waals surface area (Å²) in [7, 11) is -1.54. The van der Waals surface area contributed by atoms with Gasteiger partial charge in [0.25, 0.3) is 0 Å². The highest BCUT2D eigenvalue weighted by Gasteiger charge is 2.37. The second-order valence-electron chi connectivity index (χ2n) is 26.5. The molecule has 2 aliphatic carbocycles. The first-order valence-electron chi connectivity index (χ1n) is 28.0. The number of nitrogens with zero attached hydrogens (tertiary/aromatic N) is 2. The molecule has 76 heavy (non-hydrogen) atoms. The van der Waals surface area contributed by atoms with Gasteiger partial charge in [-0.05, 0) is 182 Å². The van der Waals surface area contributed by atoms with Crippen LogP contribution in [0.2, 0.25) is 13.1 Å². The van der Waals surface area contributed by atoms with Crippen LogP contribution in [0.25, 0.3) is 55.4 Å². The number of aryl methyl sites for hydroxylation is 3. The van der Waals surface area contributed by atoms with E-state index >= 15 is 0 Å². The smallest absolute Gasteiger partial charge is 0.454 e. The number of hydrogen-bond donors (Lipinski definition) is 2. The molecule has 0 bridgehead atoms. The minimum absolute atomic E-state index is 0.0471. The van der Waals surface area contributed by atoms with E-state index in [9.17, 15) is 10.2 Å². The summed E-state index contributed by atoms with van der Waals surface area (Å²) in [5, 5.41) is 28.6. The molecule has 0 amide bonds. The fourth-order valence-corrected chi connectivity index (χ4v) is 15.1. The molecule has 2 heterocycles. The molecule has 0 fully saturated rings. The molecule has 398 valence electrons. The highest BCUT2D eigenvalue weighted by atomic mass is 28.4. The van der Waals surface area contributed by atoms with Crippen LogP contribution < -0.4 is 13.6 Å². The van der Waals surface area contributed by atoms with Crippen molar-refractivity contribution in [1.82, 2.24) is 9.13 Å². The summed E-state index contributed by atoms with van der Waals surface area (Å²) in [5.74, 6) is 2.32. The number of aromatic nitrogens is 2. The number of rotatable bonds is 13. The van der Waals surface area contributed by atoms with Crippen molar-refractivity contribution in [1.29, 1.82) is 0 Å². The molecule has 2 aromatic heterocycles. The van der Waals surface area contributed by atoms with E-state index in [0.29, 0.717) is 22.8 Å². The fourth-order valence-electron chi connectivity index (χ4n) is 13.6. The van der Waals surface area contributed by atoms with Gasteiger partial charge in [-0.25, -0.2) is 0 Å². The zero-order chi connectivity index (χ0) is 54.3. The normalized spacial score (nSPS) is 14.5. The van der Waals surface area contributed by atoms with Gasteiger partial charge in [0.1, 0.15) is 28.7 Å². The minimum atomic E-state index is -3.22. The van der Waals surface area contributed by atoms with Gasteiger partial charge in [-0.3, -0.25) is 0 Å². The summed E-state index contributed by atoms with van der Waals surface area (Å²) in [5.41, 5.74) is 15.1. The minimum Gasteiger partial charge on any atom is -0.512 e. The largest absolute Gasteiger partial charge is 0.512 e. The molecule has 8 aromatic rings. The van der Waals surface area contributed by atoms with Gasteiger partial charge in [-0.15, -0.1) is 0 Å². The lowest BCUT2D eigenvalue weighted by atomic mass is 9.71. The molecule has 0 saturated heterocycles. The van der Waals surface area contributed by atoms with Crippen LogP contribution in [0.1, 0.15) is 147 Å². The van der Waals surface area contributed by atoms with Crippen molar-refractivity contribution >= 4 is 30.4 Å². The van der Waals surface area contributed by atoms with E-state index < -0.39 is 8.56 Å². The predicted molar refractivity (Wildman–Crippen MR) is 318 cm³/mol. The molecule has 0 saturated carbocycles. The quantitative estimate of drug-likeness (QED) is 0.113. The third kappa shape index (κ3) is 10.2. The zero-order valence-corrected chi connectivity index (χ0v) is 49.0. The lowest BCUT2D eigenvalue weighted by molar-refractivity contribution is 0.283. The lowest BCUT2D eigenvalue weighted by Crippen LogP contribution is -2.42. The second kappa shape index (κ2) is 19.6. The third-order valence-electron chi connectivity index (χ3n) is 16.1. The van der Waals surface area contributed by atoms with E-state index in [2.05, 4.69) is 183 Å². The predicted octanol–water partition coefficient (Wildman–Crippen LogP) is 18.0. The average molecular weight is 1040 g/mol. The van der Waals surface area contributed by atoms with Gasteiger partial charge >= 0.3 is 8.56 Å². The summed E-state index contributed by atoms with van der Waals surface area (Å²) in [4.78, 5) is 0. The molecule has 0 spiro atoms. The standard InChI is InChI=1S/C68H82N2O5Si/c1-43-31-33-61(51(35-43)53-36-44(67(8,9)41-65(2,3)4)38-59(63(53)71)69-55-27-19-15-23-47(55)48-24-16-20-28-56(48)69)74-76(13,14)75-62-34-32-46(73-12)40-52(62)54-37-45(68(10,11)42-66(5,6)7)39-60(64(54)72)70-57-29-21-17-25-49(57)50-26-18-22-30-58(50)70/h15,17,19,21,23,25,27,29,31-40,71-72H,16,18,20,22,24,26,28,30,41-42H2,1-14H3. The highest BCUT2D eigenvalue weighted by Crippen LogP contribution is 2.51. The number of hydrogen-bond acceptors (Lipinski definition) is 5. The Bertz CT molecular complexity index is 3520. The Morgan fingerprint density at radius 3 is 1.37 bits per heavy atom. The number of para-hydroxylation sites is 2. The summed E-state index contributed by atoms with van der Waals surface area (Å²) >= 11 is 0. The van der Waals surface area contributed by atoms with E-state index in [-0.39, 0.29) is 33.2 Å². The van der Waals surface area contributed by atoms with Crippen LogP contribution >= 0.6 is 0 Å². The number of methoxy groups -OCH3 is 1. The van der Waals surface area contributed by atoms with Crippen LogP contribution in [0.3, 0.4) is 0 Å². The maximum absolute atomic E-state index is 13.0. The van der Waals surface area contributed by atoms with Crippen molar-refractivity contribution in [2.75, 3.05) is 7.11 Å². The molecule has 2 N–H and O–H groups in total. The van der Waals surface area contributed by atoms with Gasteiger partial charge in [0, 0.05) is 57.5 Å². The molecule has 0 radical (unpaired) electrons. The molecular weight excluding hydrogens is 953 g/mol. The van der Waals surface area contributed by atoms with Crippen molar-refractivity contribution in [2.24, 2.45) is 10.8 Å². The van der Waals surface area contributed by atoms with Crippen LogP contribution in [-0.4, -0.2) is 35.0 Å². The SMILES string of the molecule is COc1ccc(O[Si](C)(C)Oc2ccc(C)cc2-c2cc(C(C)(C)CC(C)(C)C)cc(-n3c4c(c5ccccc53)CCCC4)c2O)c(-c2cc(C(C)(C)CC(C)(C)C)cc(-n3c4c(c5ccccc53)CCCC4)c2O)c1. The Morgan fingerprint density at radius 2 is 0.921 bits per heavy atom. The van der Waals surface area contributed by atoms with E-state index in [1.54, 1.807) is 7.11 Å². The highest BCUT2D eigenvalue weighted by molar-refractivity contribution is 6.66. The van der Waals surface area contributed by atoms with Crippen LogP contribution in [0, 0.1) is 17.8 Å². The Labute approximate surface area is 454 Å². The Hall–Kier alpha value is -6.38. The first kappa shape index (κ1) is 53.0. The zero-order valence-electron chi connectivity index (χ0n) is 48.0. The first-order chi connectivity index (χ1) is 35.8. The number of fused-ring (bicyclic) bond motifs is 6. The van der Waals surface area contributed by atoms with E-state index in [1.807, 2.05) is 24.3 Å². The van der Waals surface area contributed by atoms with E-state index in [0.717, 1.165) is 120 Å². The van der Waals surface area contributed by atoms with Crippen molar-refractivity contribution in [3.05, 3.63) is 148 Å². The van der Waals surface area contributed by atoms with Crippen molar-refractivity contribution in [3.63, 3.8) is 0 Å². The molecule has 8 heteroatoms. The second-order valence-corrected chi connectivity index (χ2v) is 29.7. The third-order valence-corrected chi connectivity index (χ3v) is 17.6. The van der Waals surface area contributed by atoms with Crippen LogP contribution in [-0.2, 0) is 36.5 Å². The van der Waals surface area contributed by atoms with Gasteiger partial charge in [0.15, 0.2) is 0 Å². The van der Waals surface area contributed by atoms with Crippen molar-refractivity contribution in [2.45, 2.75) is 164 Å². The van der Waals surface area contributed by atoms with Crippen LogP contribution in [0.4, 0.5) is 0 Å². The molecule has 0 atom stereocenters. The summed E-state index contributed by atoms with van der Waals surface area (Å²) in [6.45, 7) is 29.4. The maximum atomic E-state index is 13.0. The number of ether oxygens (including phenoxy) is 1. The van der Waals surface area contributed by atoms with E-state index in [1.165, 1.54) is 33.3 Å². The Morgan fingerprint density at radius 1 is 0.500 bits per heavy atom. The fraction of sp³-hybridized carbons (Fsp3) is 0.412. The number of phenolic OH excluding ortho intramolecular Hbond substituents is 2. The van der Waals surface area contributed by atoms with Crippen LogP contribution in [0.15, 0.2) is 109 Å². The van der Waals surface area contributed by atoms with Gasteiger partial charge in [0.2, 0.25) is 0 Å². The molecule has 10 rings (SSSR count). The average Bonchev–Trinajstić information content (AvgIpc) is 3.99. The van der Waals surface area contributed by atoms with Crippen molar-refractivity contribution in [3.8, 4) is 62.4 Å². The Kier molecular flexibility index (Phi) is 13.7. The summed E-state index contributed by atoms with van der Waals surface area (Å²) in [6.07, 6.45) is 10.4. The Balaban J connectivity index is 1.12. The topological polar surface area (TPSA) is 78.0 Å². The maximum Gasteiger partial charge on any atom is 0.454 e. The summed E-state index contributed by atoms with van der Waals surface area (Å²) in [6, 6.07) is 38.4. The summed E-state index contributed by atoms with van der Waals surface area (Å²) < 4.78 is 25.2. The van der Waals surface area contributed by atoms with E-state index in [4.69, 9.17) is 13.6 Å². The molecular formula is C68H82N2O5Si. The lowest BCUT2D eigenvalue weighted by Gasteiger charge is -2.34. The van der Waals surface area contributed by atoms with Gasteiger partial charge in [-0.1, -0.05) is 117 Å². The number of phenols is 2. The molecule has 6 aromatic carbocycles. The molecule has 7 nitrogen and oxygen atoms in total. The van der Waals surface area contributed by atoms with Crippen molar-refractivity contribution < 1.29 is 23.8 Å². The van der Waals surface area contributed by atoms with Gasteiger partial charge in [-0.2, -0.15) is 0 Å². The monoisotopic (exact) mass is 1030 g/mol. The molecule has 0 aliphatic heterocycles.